The maximum Gasteiger partial charge on any atom is 0.281 e. The molecular weight excluding hydrogens is 304 g/mol. The largest absolute Gasteiger partial charge is 0.490 e. The minimum absolute atomic E-state index is 0.108. The van der Waals surface area contributed by atoms with Crippen LogP contribution in [-0.4, -0.2) is 35.3 Å². The number of pyridine rings is 1. The van der Waals surface area contributed by atoms with E-state index in [-0.39, 0.29) is 5.91 Å². The molecule has 4 rings (SSSR count). The molecule has 0 N–H and O–H groups in total. The third-order valence-electron chi connectivity index (χ3n) is 4.09. The lowest BCUT2D eigenvalue weighted by Gasteiger charge is -2.13. The Labute approximate surface area is 139 Å². The molecule has 3 aromatic rings. The van der Waals surface area contributed by atoms with Crippen LogP contribution in [0.25, 0.3) is 22.2 Å². The molecule has 5 nitrogen and oxygen atoms in total. The van der Waals surface area contributed by atoms with Crippen LogP contribution < -0.4 is 4.74 Å². The zero-order valence-electron chi connectivity index (χ0n) is 13.5. The molecule has 0 aliphatic carbocycles. The Bertz CT molecular complexity index is 914. The van der Waals surface area contributed by atoms with Crippen LogP contribution in [0, 0.1) is 0 Å². The minimum atomic E-state index is -0.108. The summed E-state index contributed by atoms with van der Waals surface area (Å²) in [7, 11) is 0. The molecule has 1 aliphatic rings. The molecule has 122 valence electrons. The van der Waals surface area contributed by atoms with Gasteiger partial charge in [0, 0.05) is 18.2 Å². The second-order valence-corrected chi connectivity index (χ2v) is 5.71. The average Bonchev–Trinajstić information content (AvgIpc) is 3.18. The van der Waals surface area contributed by atoms with E-state index in [4.69, 9.17) is 9.47 Å². The third kappa shape index (κ3) is 2.29. The van der Waals surface area contributed by atoms with Gasteiger partial charge in [-0.3, -0.25) is 9.36 Å². The lowest BCUT2D eigenvalue weighted by molar-refractivity contribution is 0.0964. The highest BCUT2D eigenvalue weighted by Crippen LogP contribution is 2.42. The third-order valence-corrected chi connectivity index (χ3v) is 4.09. The van der Waals surface area contributed by atoms with E-state index in [0.717, 1.165) is 35.2 Å². The highest BCUT2D eigenvalue weighted by molar-refractivity contribution is 6.12. The van der Waals surface area contributed by atoms with Gasteiger partial charge < -0.3 is 9.47 Å². The number of benzene rings is 1. The molecule has 0 unspecified atom stereocenters. The van der Waals surface area contributed by atoms with Crippen LogP contribution in [0.1, 0.15) is 23.8 Å². The molecule has 0 fully saturated rings. The van der Waals surface area contributed by atoms with Crippen molar-refractivity contribution in [1.29, 1.82) is 0 Å². The van der Waals surface area contributed by atoms with E-state index < -0.39 is 0 Å². The van der Waals surface area contributed by atoms with Gasteiger partial charge in [-0.05, 0) is 30.7 Å². The summed E-state index contributed by atoms with van der Waals surface area (Å²) >= 11 is 0. The standard InChI is InChI=1S/C19H18N2O3/c1-2-10-23-11-12-24-18-13-6-3-4-7-14(13)20-17-16(18)15-8-5-9-21(15)19(17)22/h3-9H,2,10-12H2,1H3. The first kappa shape index (κ1) is 14.9. The van der Waals surface area contributed by atoms with Gasteiger partial charge in [-0.15, -0.1) is 0 Å². The molecule has 5 heteroatoms. The number of para-hydroxylation sites is 1. The van der Waals surface area contributed by atoms with Gasteiger partial charge in [0.15, 0.2) is 0 Å². The Balaban J connectivity index is 1.79. The van der Waals surface area contributed by atoms with Crippen molar-refractivity contribution in [3.8, 4) is 17.0 Å². The van der Waals surface area contributed by atoms with E-state index >= 15 is 0 Å². The van der Waals surface area contributed by atoms with Gasteiger partial charge in [0.1, 0.15) is 18.1 Å². The van der Waals surface area contributed by atoms with Gasteiger partial charge in [-0.25, -0.2) is 4.98 Å². The fraction of sp³-hybridized carbons (Fsp3) is 0.263. The lowest BCUT2D eigenvalue weighted by Crippen LogP contribution is -2.09. The first-order valence-electron chi connectivity index (χ1n) is 8.17. The van der Waals surface area contributed by atoms with Crippen LogP contribution >= 0.6 is 0 Å². The number of hydrogen-bond acceptors (Lipinski definition) is 4. The number of rotatable bonds is 6. The maximum atomic E-state index is 12.6. The Morgan fingerprint density at radius 1 is 1.08 bits per heavy atom. The van der Waals surface area contributed by atoms with E-state index in [9.17, 15) is 4.79 Å². The average molecular weight is 322 g/mol. The number of hydrogen-bond donors (Lipinski definition) is 0. The predicted molar refractivity (Wildman–Crippen MR) is 91.5 cm³/mol. The monoisotopic (exact) mass is 322 g/mol. The van der Waals surface area contributed by atoms with Crippen molar-refractivity contribution in [2.45, 2.75) is 13.3 Å². The fourth-order valence-corrected chi connectivity index (χ4v) is 3.05. The highest BCUT2D eigenvalue weighted by Gasteiger charge is 2.32. The Morgan fingerprint density at radius 3 is 2.83 bits per heavy atom. The molecule has 0 bridgehead atoms. The van der Waals surface area contributed by atoms with Crippen molar-refractivity contribution in [3.63, 3.8) is 0 Å². The van der Waals surface area contributed by atoms with Gasteiger partial charge in [0.2, 0.25) is 0 Å². The molecule has 0 radical (unpaired) electrons. The summed E-state index contributed by atoms with van der Waals surface area (Å²) in [6, 6.07) is 11.5. The van der Waals surface area contributed by atoms with Gasteiger partial charge >= 0.3 is 0 Å². The Hall–Kier alpha value is -2.66. The van der Waals surface area contributed by atoms with Crippen molar-refractivity contribution < 1.29 is 14.3 Å². The molecule has 1 aromatic carbocycles. The highest BCUT2D eigenvalue weighted by atomic mass is 16.5. The minimum Gasteiger partial charge on any atom is -0.490 e. The molecule has 0 saturated heterocycles. The van der Waals surface area contributed by atoms with E-state index in [0.29, 0.717) is 24.7 Å². The molecular formula is C19H18N2O3. The first-order valence-corrected chi connectivity index (χ1v) is 8.17. The summed E-state index contributed by atoms with van der Waals surface area (Å²) < 4.78 is 13.2. The summed E-state index contributed by atoms with van der Waals surface area (Å²) in [5.74, 6) is 0.601. The summed E-state index contributed by atoms with van der Waals surface area (Å²) in [4.78, 5) is 17.1. The lowest BCUT2D eigenvalue weighted by atomic mass is 10.1. The van der Waals surface area contributed by atoms with Crippen LogP contribution in [0.3, 0.4) is 0 Å². The Kier molecular flexibility index (Phi) is 3.78. The van der Waals surface area contributed by atoms with Gasteiger partial charge in [-0.1, -0.05) is 19.1 Å². The molecule has 0 atom stereocenters. The van der Waals surface area contributed by atoms with Crippen LogP contribution in [0.5, 0.6) is 5.75 Å². The second kappa shape index (κ2) is 6.09. The predicted octanol–water partition coefficient (Wildman–Crippen LogP) is 3.51. The first-order chi connectivity index (χ1) is 11.8. The van der Waals surface area contributed by atoms with Gasteiger partial charge in [0.25, 0.3) is 5.91 Å². The number of aromatic nitrogens is 2. The number of fused-ring (bicyclic) bond motifs is 4. The SMILES string of the molecule is CCCOCCOc1c2c(nc3ccccc13)C(=O)n1cccc1-2. The second-order valence-electron chi connectivity index (χ2n) is 5.71. The maximum absolute atomic E-state index is 12.6. The summed E-state index contributed by atoms with van der Waals surface area (Å²) in [6.45, 7) is 3.76. The molecule has 0 saturated carbocycles. The van der Waals surface area contributed by atoms with Crippen LogP contribution in [-0.2, 0) is 4.74 Å². The summed E-state index contributed by atoms with van der Waals surface area (Å²) in [6.07, 6.45) is 2.74. The van der Waals surface area contributed by atoms with E-state index in [2.05, 4.69) is 11.9 Å². The molecule has 0 amide bonds. The quantitative estimate of drug-likeness (QED) is 0.510. The van der Waals surface area contributed by atoms with Gasteiger partial charge in [-0.2, -0.15) is 0 Å². The van der Waals surface area contributed by atoms with Crippen molar-refractivity contribution in [3.05, 3.63) is 48.3 Å². The molecule has 24 heavy (non-hydrogen) atoms. The number of ether oxygens (including phenoxy) is 2. The Morgan fingerprint density at radius 2 is 1.96 bits per heavy atom. The van der Waals surface area contributed by atoms with Crippen LogP contribution in [0.15, 0.2) is 42.6 Å². The van der Waals surface area contributed by atoms with Crippen molar-refractivity contribution in [2.75, 3.05) is 19.8 Å². The fourth-order valence-electron chi connectivity index (χ4n) is 3.05. The normalized spacial score (nSPS) is 12.5. The van der Waals surface area contributed by atoms with Crippen LogP contribution in [0.4, 0.5) is 0 Å². The van der Waals surface area contributed by atoms with Crippen LogP contribution in [0.2, 0.25) is 0 Å². The van der Waals surface area contributed by atoms with E-state index in [1.807, 2.05) is 36.4 Å². The van der Waals surface area contributed by atoms with E-state index in [1.54, 1.807) is 10.8 Å². The summed E-state index contributed by atoms with van der Waals surface area (Å²) in [5.41, 5.74) is 2.82. The number of nitrogens with zero attached hydrogens (tertiary/aromatic N) is 2. The molecule has 3 heterocycles. The zero-order chi connectivity index (χ0) is 16.5. The molecule has 1 aliphatic heterocycles. The zero-order valence-corrected chi connectivity index (χ0v) is 13.5. The smallest absolute Gasteiger partial charge is 0.281 e. The van der Waals surface area contributed by atoms with E-state index in [1.165, 1.54) is 0 Å². The number of carbonyl (C=O) groups is 1. The molecule has 2 aromatic heterocycles. The number of carbonyl (C=O) groups excluding carboxylic acids is 1. The topological polar surface area (TPSA) is 53.4 Å². The molecule has 0 spiro atoms. The van der Waals surface area contributed by atoms with Crippen molar-refractivity contribution in [1.82, 2.24) is 9.55 Å². The van der Waals surface area contributed by atoms with Gasteiger partial charge in [0.05, 0.1) is 23.4 Å². The summed E-state index contributed by atoms with van der Waals surface area (Å²) in [5, 5.41) is 0.911. The van der Waals surface area contributed by atoms with Crippen molar-refractivity contribution in [2.24, 2.45) is 0 Å². The van der Waals surface area contributed by atoms with Crippen molar-refractivity contribution >= 4 is 16.8 Å².